The normalized spacial score (nSPS) is 15.6. The maximum atomic E-state index is 12.3. The largest absolute Gasteiger partial charge is 0.326 e. The minimum Gasteiger partial charge on any atom is -0.326 e. The van der Waals surface area contributed by atoms with Crippen LogP contribution in [-0.2, 0) is 16.0 Å². The van der Waals surface area contributed by atoms with Crippen LogP contribution in [0.3, 0.4) is 0 Å². The molecule has 10 heteroatoms. The number of fused-ring (bicyclic) bond motifs is 1. The van der Waals surface area contributed by atoms with Gasteiger partial charge >= 0.3 is 0 Å². The van der Waals surface area contributed by atoms with E-state index in [2.05, 4.69) is 20.7 Å². The molecule has 1 aromatic heterocycles. The number of hydrogen-bond donors (Lipinski definition) is 2. The van der Waals surface area contributed by atoms with E-state index < -0.39 is 16.9 Å². The number of nitrogens with one attached hydrogen (secondary N) is 2. The first-order chi connectivity index (χ1) is 11.9. The minimum atomic E-state index is -0.790. The fourth-order valence-electron chi connectivity index (χ4n) is 2.54. The molecule has 3 rings (SSSR count). The van der Waals surface area contributed by atoms with Gasteiger partial charge in [0.2, 0.25) is 11.9 Å². The molecule has 2 N–H and O–H groups in total. The Hall–Kier alpha value is -3.30. The molecule has 0 radical (unpaired) electrons. The van der Waals surface area contributed by atoms with Crippen molar-refractivity contribution in [2.75, 3.05) is 10.6 Å². The molecule has 2 amide bonds. The molecule has 0 spiro atoms. The zero-order valence-corrected chi connectivity index (χ0v) is 13.6. The Balaban J connectivity index is 1.75. The van der Waals surface area contributed by atoms with E-state index >= 15 is 0 Å². The SMILES string of the molecule is CCc1nc2n(n1)[C@@H](CC(=O)Nc1cc([N+](=O)[O-])ccc1C)C(=O)N2. The summed E-state index contributed by atoms with van der Waals surface area (Å²) in [5, 5.41) is 20.3. The van der Waals surface area contributed by atoms with Crippen LogP contribution in [0, 0.1) is 17.0 Å². The summed E-state index contributed by atoms with van der Waals surface area (Å²) in [6.45, 7) is 3.62. The van der Waals surface area contributed by atoms with E-state index in [4.69, 9.17) is 0 Å². The highest BCUT2D eigenvalue weighted by Crippen LogP contribution is 2.27. The Labute approximate surface area is 142 Å². The average Bonchev–Trinajstić information content (AvgIpc) is 3.08. The van der Waals surface area contributed by atoms with Crippen LogP contribution >= 0.6 is 0 Å². The summed E-state index contributed by atoms with van der Waals surface area (Å²) in [5.74, 6) is 0.106. The molecule has 1 aromatic carbocycles. The van der Waals surface area contributed by atoms with Gasteiger partial charge in [0.05, 0.1) is 17.0 Å². The summed E-state index contributed by atoms with van der Waals surface area (Å²) >= 11 is 0. The first-order valence-corrected chi connectivity index (χ1v) is 7.70. The summed E-state index contributed by atoms with van der Waals surface area (Å²) in [6.07, 6.45) is 0.467. The Bertz CT molecular complexity index is 875. The molecule has 0 aliphatic carbocycles. The summed E-state index contributed by atoms with van der Waals surface area (Å²) < 4.78 is 1.40. The summed E-state index contributed by atoms with van der Waals surface area (Å²) in [5.41, 5.74) is 0.904. The number of anilines is 2. The lowest BCUT2D eigenvalue weighted by Crippen LogP contribution is -2.24. The van der Waals surface area contributed by atoms with Crippen molar-refractivity contribution >= 4 is 29.1 Å². The van der Waals surface area contributed by atoms with E-state index in [9.17, 15) is 19.7 Å². The van der Waals surface area contributed by atoms with Crippen LogP contribution in [0.15, 0.2) is 18.2 Å². The van der Waals surface area contributed by atoms with E-state index in [-0.39, 0.29) is 18.0 Å². The number of nitro groups is 1. The van der Waals surface area contributed by atoms with Crippen molar-refractivity contribution in [1.29, 1.82) is 0 Å². The van der Waals surface area contributed by atoms with Crippen molar-refractivity contribution in [3.8, 4) is 0 Å². The number of amides is 2. The molecule has 0 fully saturated rings. The monoisotopic (exact) mass is 344 g/mol. The standard InChI is InChI=1S/C15H16N6O4/c1-3-12-17-15-18-14(23)11(20(15)19-12)7-13(22)16-10-6-9(21(24)25)5-4-8(10)2/h4-6,11H,3,7H2,1-2H3,(H,16,22)(H,17,18,19,23)/t11-/m0/s1. The van der Waals surface area contributed by atoms with Crippen LogP contribution in [-0.4, -0.2) is 31.5 Å². The molecule has 1 aliphatic heterocycles. The Morgan fingerprint density at radius 1 is 1.48 bits per heavy atom. The molecule has 0 saturated heterocycles. The number of non-ortho nitro benzene ring substituents is 1. The lowest BCUT2D eigenvalue weighted by atomic mass is 10.1. The second kappa shape index (κ2) is 6.30. The lowest BCUT2D eigenvalue weighted by molar-refractivity contribution is -0.384. The number of aryl methyl sites for hydroxylation is 2. The zero-order chi connectivity index (χ0) is 18.1. The number of aromatic nitrogens is 3. The van der Waals surface area contributed by atoms with Crippen LogP contribution in [0.1, 0.15) is 30.8 Å². The molecule has 0 bridgehead atoms. The third-order valence-electron chi connectivity index (χ3n) is 3.91. The van der Waals surface area contributed by atoms with Crippen molar-refractivity contribution in [3.05, 3.63) is 39.7 Å². The fourth-order valence-corrected chi connectivity index (χ4v) is 2.54. The van der Waals surface area contributed by atoms with Gasteiger partial charge in [-0.15, -0.1) is 0 Å². The van der Waals surface area contributed by atoms with Gasteiger partial charge in [0.25, 0.3) is 11.6 Å². The Morgan fingerprint density at radius 3 is 2.92 bits per heavy atom. The van der Waals surface area contributed by atoms with E-state index in [0.717, 1.165) is 0 Å². The van der Waals surface area contributed by atoms with Gasteiger partial charge in [-0.3, -0.25) is 25.0 Å². The average molecular weight is 344 g/mol. The fraction of sp³-hybridized carbons (Fsp3) is 0.333. The van der Waals surface area contributed by atoms with Crippen LogP contribution in [0.4, 0.5) is 17.3 Å². The predicted octanol–water partition coefficient (Wildman–Crippen LogP) is 1.58. The molecular weight excluding hydrogens is 328 g/mol. The lowest BCUT2D eigenvalue weighted by Gasteiger charge is -2.11. The number of carbonyl (C=O) groups is 2. The van der Waals surface area contributed by atoms with Gasteiger partial charge in [-0.1, -0.05) is 13.0 Å². The molecule has 0 saturated carbocycles. The summed E-state index contributed by atoms with van der Waals surface area (Å²) in [7, 11) is 0. The van der Waals surface area contributed by atoms with Gasteiger partial charge < -0.3 is 5.32 Å². The zero-order valence-electron chi connectivity index (χ0n) is 13.6. The summed E-state index contributed by atoms with van der Waals surface area (Å²) in [6, 6.07) is 3.42. The number of carbonyl (C=O) groups excluding carboxylic acids is 2. The van der Waals surface area contributed by atoms with Gasteiger partial charge in [0.1, 0.15) is 6.04 Å². The highest BCUT2D eigenvalue weighted by molar-refractivity contribution is 6.01. The van der Waals surface area contributed by atoms with E-state index in [0.29, 0.717) is 29.4 Å². The quantitative estimate of drug-likeness (QED) is 0.625. The van der Waals surface area contributed by atoms with Crippen molar-refractivity contribution in [1.82, 2.24) is 14.8 Å². The smallest absolute Gasteiger partial charge is 0.271 e. The van der Waals surface area contributed by atoms with Gasteiger partial charge in [0, 0.05) is 18.6 Å². The molecule has 130 valence electrons. The van der Waals surface area contributed by atoms with Gasteiger partial charge in [0.15, 0.2) is 5.82 Å². The first kappa shape index (κ1) is 16.6. The van der Waals surface area contributed by atoms with Crippen molar-refractivity contribution in [3.63, 3.8) is 0 Å². The third-order valence-corrected chi connectivity index (χ3v) is 3.91. The third kappa shape index (κ3) is 3.18. The Kier molecular flexibility index (Phi) is 4.17. The van der Waals surface area contributed by atoms with E-state index in [1.165, 1.54) is 16.8 Å². The number of hydrogen-bond acceptors (Lipinski definition) is 6. The maximum Gasteiger partial charge on any atom is 0.271 e. The van der Waals surface area contributed by atoms with Crippen molar-refractivity contribution in [2.24, 2.45) is 0 Å². The summed E-state index contributed by atoms with van der Waals surface area (Å²) in [4.78, 5) is 38.8. The van der Waals surface area contributed by atoms with Gasteiger partial charge in [-0.05, 0) is 12.5 Å². The highest BCUT2D eigenvalue weighted by atomic mass is 16.6. The number of nitro benzene ring substituents is 1. The first-order valence-electron chi connectivity index (χ1n) is 7.70. The van der Waals surface area contributed by atoms with Crippen LogP contribution in [0.2, 0.25) is 0 Å². The van der Waals surface area contributed by atoms with Gasteiger partial charge in [-0.2, -0.15) is 10.1 Å². The van der Waals surface area contributed by atoms with E-state index in [1.807, 2.05) is 6.92 Å². The number of nitrogens with zero attached hydrogens (tertiary/aromatic N) is 4. The molecule has 2 heterocycles. The molecule has 2 aromatic rings. The maximum absolute atomic E-state index is 12.3. The highest BCUT2D eigenvalue weighted by Gasteiger charge is 2.34. The number of rotatable bonds is 5. The molecule has 0 unspecified atom stereocenters. The molecule has 10 nitrogen and oxygen atoms in total. The second-order valence-electron chi connectivity index (χ2n) is 5.66. The van der Waals surface area contributed by atoms with Crippen LogP contribution in [0.25, 0.3) is 0 Å². The predicted molar refractivity (Wildman–Crippen MR) is 88.1 cm³/mol. The topological polar surface area (TPSA) is 132 Å². The molecular formula is C15H16N6O4. The second-order valence-corrected chi connectivity index (χ2v) is 5.66. The molecule has 1 aliphatic rings. The molecule has 25 heavy (non-hydrogen) atoms. The van der Waals surface area contributed by atoms with E-state index in [1.54, 1.807) is 13.0 Å². The van der Waals surface area contributed by atoms with Crippen molar-refractivity contribution < 1.29 is 14.5 Å². The minimum absolute atomic E-state index is 0.120. The van der Waals surface area contributed by atoms with Crippen molar-refractivity contribution in [2.45, 2.75) is 32.7 Å². The van der Waals surface area contributed by atoms with Gasteiger partial charge in [-0.25, -0.2) is 4.68 Å². The van der Waals surface area contributed by atoms with Crippen LogP contribution < -0.4 is 10.6 Å². The van der Waals surface area contributed by atoms with Crippen LogP contribution in [0.5, 0.6) is 0 Å². The molecule has 1 atom stereocenters. The Morgan fingerprint density at radius 2 is 2.24 bits per heavy atom. The number of benzene rings is 1.